The number of hydrogen-bond acceptors (Lipinski definition) is 4. The highest BCUT2D eigenvalue weighted by Gasteiger charge is 2.20. The van der Waals surface area contributed by atoms with Crippen molar-refractivity contribution >= 4 is 5.91 Å². The van der Waals surface area contributed by atoms with Crippen molar-refractivity contribution in [3.05, 3.63) is 12.2 Å². The Morgan fingerprint density at radius 2 is 0.586 bits per heavy atom. The van der Waals surface area contributed by atoms with Crippen LogP contribution < -0.4 is 5.32 Å². The molecule has 5 nitrogen and oxygen atoms in total. The lowest BCUT2D eigenvalue weighted by molar-refractivity contribution is -0.124. The van der Waals surface area contributed by atoms with Crippen molar-refractivity contribution in [2.45, 2.75) is 392 Å². The summed E-state index contributed by atoms with van der Waals surface area (Å²) in [5.74, 6) is -0.306. The number of unbranched alkanes of at least 4 members (excludes halogenated alkanes) is 52. The fourth-order valence-electron chi connectivity index (χ4n) is 10.6. The van der Waals surface area contributed by atoms with Gasteiger partial charge in [0.25, 0.3) is 0 Å². The zero-order valence-electron chi connectivity index (χ0n) is 47.9. The van der Waals surface area contributed by atoms with E-state index in [1.807, 2.05) is 6.08 Å². The van der Waals surface area contributed by atoms with E-state index in [-0.39, 0.29) is 18.9 Å². The molecule has 0 radical (unpaired) electrons. The van der Waals surface area contributed by atoms with Crippen molar-refractivity contribution in [3.63, 3.8) is 0 Å². The second-order valence-electron chi connectivity index (χ2n) is 22.7. The van der Waals surface area contributed by atoms with Gasteiger partial charge in [0.05, 0.1) is 31.3 Å². The number of aliphatic hydroxyl groups excluding tert-OH is 3. The van der Waals surface area contributed by atoms with Gasteiger partial charge in [0.2, 0.25) is 5.91 Å². The monoisotopic (exact) mass is 988 g/mol. The molecule has 0 aliphatic heterocycles. The third kappa shape index (κ3) is 56.4. The van der Waals surface area contributed by atoms with Gasteiger partial charge in [-0.05, 0) is 19.3 Å². The molecule has 418 valence electrons. The summed E-state index contributed by atoms with van der Waals surface area (Å²) < 4.78 is 0. The minimum Gasteiger partial charge on any atom is -0.394 e. The van der Waals surface area contributed by atoms with E-state index in [1.54, 1.807) is 6.08 Å². The fraction of sp³-hybridized carbons (Fsp3) is 0.954. The van der Waals surface area contributed by atoms with Gasteiger partial charge in [-0.2, -0.15) is 0 Å². The molecule has 0 saturated carbocycles. The summed E-state index contributed by atoms with van der Waals surface area (Å²) in [5.41, 5.74) is 0. The normalized spacial score (nSPS) is 13.2. The molecule has 0 aromatic carbocycles. The minimum atomic E-state index is -0.927. The van der Waals surface area contributed by atoms with Crippen LogP contribution in [0.3, 0.4) is 0 Å². The zero-order chi connectivity index (χ0) is 50.7. The first-order chi connectivity index (χ1) is 34.5. The number of allylic oxidation sites excluding steroid dienone is 1. The molecule has 0 aliphatic rings. The average molecular weight is 989 g/mol. The molecule has 0 spiro atoms. The summed E-state index contributed by atoms with van der Waals surface area (Å²) in [7, 11) is 0. The molecule has 3 atom stereocenters. The Balaban J connectivity index is 3.48. The summed E-state index contributed by atoms with van der Waals surface area (Å²) in [6, 6.07) is -0.742. The zero-order valence-corrected chi connectivity index (χ0v) is 47.9. The number of nitrogens with one attached hydrogen (secondary N) is 1. The number of amides is 1. The van der Waals surface area contributed by atoms with Gasteiger partial charge in [-0.3, -0.25) is 4.79 Å². The van der Waals surface area contributed by atoms with E-state index in [1.165, 1.54) is 321 Å². The maximum Gasteiger partial charge on any atom is 0.222 e. The lowest BCUT2D eigenvalue weighted by atomic mass is 10.0. The SMILES string of the molecule is CCCCCCCCCCCCCCCCCCCCCCCCC/C=C/C(O)C(CO)NC(=O)CC(O)CCCCCCCCCCCCCCCCCCCCCCCCCCCCCCCC. The molecule has 0 saturated heterocycles. The molecule has 1 amide bonds. The molecular weight excluding hydrogens is 859 g/mol. The molecule has 0 heterocycles. The minimum absolute atomic E-state index is 0.0198. The van der Waals surface area contributed by atoms with Crippen LogP contribution in [0.15, 0.2) is 12.2 Å². The van der Waals surface area contributed by atoms with Gasteiger partial charge in [-0.1, -0.05) is 360 Å². The molecule has 5 heteroatoms. The van der Waals surface area contributed by atoms with Gasteiger partial charge in [0.15, 0.2) is 0 Å². The Labute approximate surface area is 440 Å². The Morgan fingerprint density at radius 1 is 0.357 bits per heavy atom. The quantitative estimate of drug-likeness (QED) is 0.0361. The molecule has 0 aromatic heterocycles. The molecule has 0 rings (SSSR count). The van der Waals surface area contributed by atoms with E-state index in [9.17, 15) is 20.1 Å². The Kier molecular flexibility index (Phi) is 59.9. The number of aliphatic hydroxyl groups is 3. The summed E-state index contributed by atoms with van der Waals surface area (Å²) >= 11 is 0. The van der Waals surface area contributed by atoms with Gasteiger partial charge >= 0.3 is 0 Å². The molecule has 0 aromatic rings. The topological polar surface area (TPSA) is 89.8 Å². The van der Waals surface area contributed by atoms with Crippen LogP contribution in [0.25, 0.3) is 0 Å². The molecule has 0 aliphatic carbocycles. The summed E-state index contributed by atoms with van der Waals surface area (Å²) in [6.07, 6.45) is 77.3. The number of hydrogen-bond donors (Lipinski definition) is 4. The Bertz CT molecular complexity index is 1000. The maximum atomic E-state index is 12.6. The van der Waals surface area contributed by atoms with Gasteiger partial charge in [0.1, 0.15) is 0 Å². The van der Waals surface area contributed by atoms with Gasteiger partial charge in [-0.25, -0.2) is 0 Å². The first kappa shape index (κ1) is 69.1. The van der Waals surface area contributed by atoms with E-state index < -0.39 is 18.2 Å². The van der Waals surface area contributed by atoms with Crippen molar-refractivity contribution in [2.75, 3.05) is 6.61 Å². The number of carbonyl (C=O) groups is 1. The maximum absolute atomic E-state index is 12.6. The highest BCUT2D eigenvalue weighted by molar-refractivity contribution is 5.76. The first-order valence-corrected chi connectivity index (χ1v) is 32.5. The third-order valence-corrected chi connectivity index (χ3v) is 15.6. The first-order valence-electron chi connectivity index (χ1n) is 32.5. The van der Waals surface area contributed by atoms with Crippen LogP contribution in [0, 0.1) is 0 Å². The van der Waals surface area contributed by atoms with Crippen LogP contribution in [0.5, 0.6) is 0 Å². The Hall–Kier alpha value is -0.910. The van der Waals surface area contributed by atoms with E-state index in [4.69, 9.17) is 0 Å². The molecule has 4 N–H and O–H groups in total. The molecule has 0 bridgehead atoms. The van der Waals surface area contributed by atoms with E-state index in [2.05, 4.69) is 19.2 Å². The Morgan fingerprint density at radius 3 is 0.829 bits per heavy atom. The van der Waals surface area contributed by atoms with Gasteiger partial charge in [0, 0.05) is 0 Å². The van der Waals surface area contributed by atoms with Gasteiger partial charge < -0.3 is 20.6 Å². The van der Waals surface area contributed by atoms with Crippen LogP contribution in [0.1, 0.15) is 373 Å². The lowest BCUT2D eigenvalue weighted by Gasteiger charge is -2.21. The fourth-order valence-corrected chi connectivity index (χ4v) is 10.6. The molecule has 70 heavy (non-hydrogen) atoms. The van der Waals surface area contributed by atoms with Crippen molar-refractivity contribution in [2.24, 2.45) is 0 Å². The summed E-state index contributed by atoms with van der Waals surface area (Å²) in [4.78, 5) is 12.6. The molecule has 0 fully saturated rings. The van der Waals surface area contributed by atoms with Crippen molar-refractivity contribution in [1.82, 2.24) is 5.32 Å². The second-order valence-corrected chi connectivity index (χ2v) is 22.7. The predicted octanol–water partition coefficient (Wildman–Crippen LogP) is 20.6. The molecular formula is C65H129NO4. The van der Waals surface area contributed by atoms with E-state index >= 15 is 0 Å². The second kappa shape index (κ2) is 60.6. The third-order valence-electron chi connectivity index (χ3n) is 15.6. The van der Waals surface area contributed by atoms with Crippen LogP contribution in [-0.2, 0) is 4.79 Å². The largest absolute Gasteiger partial charge is 0.394 e. The summed E-state index contributed by atoms with van der Waals surface area (Å²) in [6.45, 7) is 4.27. The van der Waals surface area contributed by atoms with Crippen LogP contribution >= 0.6 is 0 Å². The van der Waals surface area contributed by atoms with Crippen LogP contribution in [0.4, 0.5) is 0 Å². The molecule has 3 unspecified atom stereocenters. The number of rotatable bonds is 61. The van der Waals surface area contributed by atoms with E-state index in [0.717, 1.165) is 25.7 Å². The van der Waals surface area contributed by atoms with Gasteiger partial charge in [-0.15, -0.1) is 0 Å². The smallest absolute Gasteiger partial charge is 0.222 e. The average Bonchev–Trinajstić information content (AvgIpc) is 3.36. The lowest BCUT2D eigenvalue weighted by Crippen LogP contribution is -2.45. The van der Waals surface area contributed by atoms with Crippen molar-refractivity contribution < 1.29 is 20.1 Å². The summed E-state index contributed by atoms with van der Waals surface area (Å²) in [5, 5.41) is 33.6. The van der Waals surface area contributed by atoms with Crippen molar-refractivity contribution in [3.8, 4) is 0 Å². The van der Waals surface area contributed by atoms with Crippen LogP contribution in [0.2, 0.25) is 0 Å². The van der Waals surface area contributed by atoms with E-state index in [0.29, 0.717) is 6.42 Å². The number of carbonyl (C=O) groups excluding carboxylic acids is 1. The standard InChI is InChI=1S/C65H129NO4/c1-3-5-7-9-11-13-15-17-19-21-23-25-27-29-30-31-32-33-35-36-38-40-42-44-46-48-50-52-54-56-58-62(68)60-65(70)66-63(61-67)64(69)59-57-55-53-51-49-47-45-43-41-39-37-34-28-26-24-22-20-18-16-14-12-10-8-6-4-2/h57,59,62-64,67-69H,3-56,58,60-61H2,1-2H3,(H,66,70)/b59-57+. The van der Waals surface area contributed by atoms with Crippen molar-refractivity contribution in [1.29, 1.82) is 0 Å². The highest BCUT2D eigenvalue weighted by Crippen LogP contribution is 2.19. The van der Waals surface area contributed by atoms with Crippen LogP contribution in [-0.4, -0.2) is 46.1 Å². The highest BCUT2D eigenvalue weighted by atomic mass is 16.3. The predicted molar refractivity (Wildman–Crippen MR) is 310 cm³/mol.